The number of anilines is 1. The van der Waals surface area contributed by atoms with Crippen molar-refractivity contribution in [3.8, 4) is 0 Å². The van der Waals surface area contributed by atoms with Gasteiger partial charge in [-0.15, -0.1) is 34.8 Å². The molecule has 31 heavy (non-hydrogen) atoms. The molecule has 3 heterocycles. The number of halogens is 2. The van der Waals surface area contributed by atoms with Crippen LogP contribution in [0.1, 0.15) is 36.9 Å². The number of aliphatic carboxylic acids is 1. The summed E-state index contributed by atoms with van der Waals surface area (Å²) in [6, 6.07) is 2.85. The van der Waals surface area contributed by atoms with E-state index in [1.165, 1.54) is 0 Å². The van der Waals surface area contributed by atoms with Crippen LogP contribution in [-0.4, -0.2) is 29.1 Å². The molecule has 4 rings (SSSR count). The van der Waals surface area contributed by atoms with Gasteiger partial charge in [-0.2, -0.15) is 17.7 Å². The number of carboxylic acid groups (broad SMARTS) is 1. The predicted molar refractivity (Wildman–Crippen MR) is 124 cm³/mol. The molecule has 1 aliphatic carbocycles. The summed E-state index contributed by atoms with van der Waals surface area (Å²) in [6.07, 6.45) is 8.65. The van der Waals surface area contributed by atoms with Gasteiger partial charge in [0.1, 0.15) is 5.69 Å². The lowest BCUT2D eigenvalue weighted by Crippen LogP contribution is -2.41. The van der Waals surface area contributed by atoms with Crippen LogP contribution in [0.3, 0.4) is 0 Å². The molecule has 5 nitrogen and oxygen atoms in total. The first-order chi connectivity index (χ1) is 14.7. The van der Waals surface area contributed by atoms with Crippen LogP contribution in [0.25, 0.3) is 11.0 Å². The summed E-state index contributed by atoms with van der Waals surface area (Å²) in [5.74, 6) is -0.245. The Hall–Kier alpha value is -2.37. The molecule has 1 fully saturated rings. The van der Waals surface area contributed by atoms with Gasteiger partial charge in [-0.3, -0.25) is 4.79 Å². The summed E-state index contributed by atoms with van der Waals surface area (Å²) in [6.45, 7) is 9.82. The average Bonchev–Trinajstić information content (AvgIpc) is 3.01. The molecule has 0 unspecified atom stereocenters. The minimum atomic E-state index is -0.713. The van der Waals surface area contributed by atoms with Crippen LogP contribution in [0.15, 0.2) is 46.6 Å². The average molecular weight is 459 g/mol. The molecule has 164 valence electrons. The zero-order chi connectivity index (χ0) is 22.3. The summed E-state index contributed by atoms with van der Waals surface area (Å²) in [5, 5.41) is 11.1. The third kappa shape index (κ3) is 4.35. The fourth-order valence-corrected chi connectivity index (χ4v) is 5.28. The van der Waals surface area contributed by atoms with Crippen LogP contribution in [0.5, 0.6) is 0 Å². The van der Waals surface area contributed by atoms with Gasteiger partial charge in [-0.05, 0) is 41.4 Å². The third-order valence-corrected chi connectivity index (χ3v) is 6.67. The highest BCUT2D eigenvalue weighted by Gasteiger charge is 2.25. The van der Waals surface area contributed by atoms with Crippen molar-refractivity contribution in [2.75, 3.05) is 18.0 Å². The molecule has 1 aliphatic heterocycles. The van der Waals surface area contributed by atoms with E-state index in [1.54, 1.807) is 0 Å². The summed E-state index contributed by atoms with van der Waals surface area (Å²) < 4.78 is 1.98. The number of allylic oxidation sites excluding steroid dienone is 5. The van der Waals surface area contributed by atoms with Crippen molar-refractivity contribution in [2.24, 2.45) is 5.92 Å². The molecule has 2 aromatic rings. The zero-order valence-electron chi connectivity index (χ0n) is 17.8. The highest BCUT2D eigenvalue weighted by molar-refractivity contribution is 6.37. The molecule has 0 bridgehead atoms. The number of hydrogen-bond acceptors (Lipinski definition) is 3. The number of aryl methyl sites for hydroxylation is 2. The molecule has 1 saturated heterocycles. The highest BCUT2D eigenvalue weighted by Crippen LogP contribution is 2.37. The van der Waals surface area contributed by atoms with Crippen LogP contribution in [0.2, 0.25) is 0 Å². The van der Waals surface area contributed by atoms with Crippen molar-refractivity contribution >= 4 is 45.9 Å². The lowest BCUT2D eigenvalue weighted by atomic mass is 9.91. The van der Waals surface area contributed by atoms with Crippen LogP contribution >= 0.6 is 23.2 Å². The second kappa shape index (κ2) is 8.64. The van der Waals surface area contributed by atoms with E-state index in [0.717, 1.165) is 65.9 Å². The number of carbonyl (C=O) groups is 1. The highest BCUT2D eigenvalue weighted by atomic mass is 35.5. The molecule has 2 aromatic heterocycles. The molecule has 2 aliphatic rings. The Morgan fingerprint density at radius 3 is 2.55 bits per heavy atom. The minimum absolute atomic E-state index is 0.249. The quantitative estimate of drug-likeness (QED) is 0.497. The number of aromatic nitrogens is 2. The summed E-state index contributed by atoms with van der Waals surface area (Å²) in [5.41, 5.74) is 4.80. The molecular weight excluding hydrogens is 433 g/mol. The fourth-order valence-electron chi connectivity index (χ4n) is 4.57. The smallest absolute Gasteiger partial charge is 0.303 e. The Labute approximate surface area is 192 Å². The number of pyridine rings is 1. The lowest BCUT2D eigenvalue weighted by Gasteiger charge is -2.34. The number of nitrogens with zero attached hydrogens (tertiary/aromatic N) is 3. The monoisotopic (exact) mass is 458 g/mol. The van der Waals surface area contributed by atoms with E-state index in [0.29, 0.717) is 22.0 Å². The lowest BCUT2D eigenvalue weighted by molar-refractivity contribution is -0.618. The molecule has 7 heteroatoms. The predicted octanol–water partition coefficient (Wildman–Crippen LogP) is 5.13. The van der Waals surface area contributed by atoms with Gasteiger partial charge < -0.3 is 14.6 Å². The maximum Gasteiger partial charge on any atom is 0.303 e. The fraction of sp³-hybridized carbons (Fsp3) is 0.375. The van der Waals surface area contributed by atoms with Gasteiger partial charge in [0.05, 0.1) is 0 Å². The van der Waals surface area contributed by atoms with E-state index in [-0.39, 0.29) is 6.42 Å². The van der Waals surface area contributed by atoms with Crippen LogP contribution < -0.4 is 9.47 Å². The van der Waals surface area contributed by atoms with Crippen LogP contribution in [0, 0.1) is 25.8 Å². The Morgan fingerprint density at radius 1 is 1.29 bits per heavy atom. The normalized spacial score (nSPS) is 17.9. The molecule has 0 spiro atoms. The number of rotatable bonds is 5. The molecule has 0 atom stereocenters. The Kier molecular flexibility index (Phi) is 6.09. The van der Waals surface area contributed by atoms with Crippen molar-refractivity contribution < 1.29 is 14.5 Å². The van der Waals surface area contributed by atoms with Crippen molar-refractivity contribution in [3.63, 3.8) is 0 Å². The summed E-state index contributed by atoms with van der Waals surface area (Å²) in [7, 11) is 0. The van der Waals surface area contributed by atoms with Gasteiger partial charge in [-0.25, -0.2) is 0 Å². The molecule has 0 saturated carbocycles. The number of hydrogen-bond donors (Lipinski definition) is 1. The molecule has 1 N–H and O–H groups in total. The molecule has 0 amide bonds. The maximum absolute atomic E-state index is 10.9. The third-order valence-electron chi connectivity index (χ3n) is 6.09. The van der Waals surface area contributed by atoms with Gasteiger partial charge in [-0.1, -0.05) is 12.5 Å². The van der Waals surface area contributed by atoms with E-state index in [1.807, 2.05) is 29.8 Å². The Balaban J connectivity index is 1.68. The van der Waals surface area contributed by atoms with Crippen molar-refractivity contribution in [2.45, 2.75) is 39.5 Å². The van der Waals surface area contributed by atoms with Gasteiger partial charge in [0.25, 0.3) is 0 Å². The van der Waals surface area contributed by atoms with Gasteiger partial charge in [0.15, 0.2) is 0 Å². The van der Waals surface area contributed by atoms with Crippen molar-refractivity contribution in [3.05, 3.63) is 63.9 Å². The van der Waals surface area contributed by atoms with Crippen LogP contribution in [0.4, 0.5) is 5.69 Å². The maximum atomic E-state index is 10.9. The van der Waals surface area contributed by atoms with Gasteiger partial charge in [0.2, 0.25) is 5.65 Å². The first-order valence-electron chi connectivity index (χ1n) is 10.5. The second-order valence-electron chi connectivity index (χ2n) is 8.43. The SMILES string of the molecule is C=C1C=C(Cl)[C-]([n+]2cc(C)c3c(N4CCC(CCC(=O)O)CC4)cc(C)n[c-]32)C(Cl)=C1. The largest absolute Gasteiger partial charge is 0.481 e. The number of fused-ring (bicyclic) bond motifs is 1. The number of piperidine rings is 1. The van der Waals surface area contributed by atoms with E-state index in [2.05, 4.69) is 24.5 Å². The minimum Gasteiger partial charge on any atom is -0.481 e. The van der Waals surface area contributed by atoms with E-state index >= 15 is 0 Å². The second-order valence-corrected chi connectivity index (χ2v) is 9.25. The Morgan fingerprint density at radius 2 is 1.94 bits per heavy atom. The summed E-state index contributed by atoms with van der Waals surface area (Å²) in [4.78, 5) is 18.1. The molecule has 0 radical (unpaired) electrons. The number of carboxylic acids is 1. The van der Waals surface area contributed by atoms with E-state index in [9.17, 15) is 4.79 Å². The van der Waals surface area contributed by atoms with Crippen molar-refractivity contribution in [1.82, 2.24) is 4.98 Å². The van der Waals surface area contributed by atoms with Gasteiger partial charge in [0, 0.05) is 49.6 Å². The summed E-state index contributed by atoms with van der Waals surface area (Å²) >= 11 is 13.1. The van der Waals surface area contributed by atoms with Crippen LogP contribution in [-0.2, 0) is 4.79 Å². The van der Waals surface area contributed by atoms with Crippen molar-refractivity contribution in [1.29, 1.82) is 0 Å². The zero-order valence-corrected chi connectivity index (χ0v) is 19.3. The standard InChI is InChI=1S/C24H26Cl2N3O2/c1-14-10-18(25)23(19(26)11-14)29-13-15(2)22-20(12-16(3)27-24(22)29)28-8-6-17(7-9-28)4-5-21(30)31/h10-13,17H,1,4-9H2,2-3H3,(H,30,31)/q-1. The van der Waals surface area contributed by atoms with E-state index < -0.39 is 5.97 Å². The molecule has 0 aromatic carbocycles. The van der Waals surface area contributed by atoms with E-state index in [4.69, 9.17) is 33.3 Å². The first kappa shape index (κ1) is 21.8. The van der Waals surface area contributed by atoms with Gasteiger partial charge >= 0.3 is 5.97 Å². The Bertz CT molecular complexity index is 1090. The molecular formula is C24H26Cl2N3O2-. The first-order valence-corrected chi connectivity index (χ1v) is 11.3. The topological polar surface area (TPSA) is 57.3 Å².